The molecule has 0 saturated carbocycles. The van der Waals surface area contributed by atoms with Crippen molar-refractivity contribution >= 4 is 11.8 Å². The van der Waals surface area contributed by atoms with Crippen molar-refractivity contribution in [3.05, 3.63) is 12.2 Å². The quantitative estimate of drug-likeness (QED) is 0.259. The Balaban J connectivity index is 1.73. The van der Waals surface area contributed by atoms with Crippen molar-refractivity contribution in [1.29, 1.82) is 0 Å². The van der Waals surface area contributed by atoms with Gasteiger partial charge in [-0.15, -0.1) is 0 Å². The molecule has 25 heavy (non-hydrogen) atoms. The second kappa shape index (κ2) is 14.9. The minimum atomic E-state index is -0.297. The zero-order valence-corrected chi connectivity index (χ0v) is 14.5. The van der Waals surface area contributed by atoms with Crippen LogP contribution in [0.3, 0.4) is 0 Å². The fourth-order valence-electron chi connectivity index (χ4n) is 1.87. The van der Waals surface area contributed by atoms with Gasteiger partial charge in [0, 0.05) is 18.7 Å². The van der Waals surface area contributed by atoms with Crippen molar-refractivity contribution in [2.75, 3.05) is 79.2 Å². The van der Waals surface area contributed by atoms with Gasteiger partial charge < -0.3 is 29.4 Å². The average molecular weight is 360 g/mol. The Bertz CT molecular complexity index is 386. The van der Waals surface area contributed by atoms with Gasteiger partial charge in [-0.25, -0.2) is 0 Å². The predicted molar refractivity (Wildman–Crippen MR) is 89.0 cm³/mol. The SMILES string of the molecule is NCCOCCOCCOCCOCCOCCN1C(=O)C=CC1=O. The molecule has 0 aromatic heterocycles. The third-order valence-electron chi connectivity index (χ3n) is 3.11. The Labute approximate surface area is 148 Å². The molecule has 0 aromatic carbocycles. The summed E-state index contributed by atoms with van der Waals surface area (Å²) in [5.74, 6) is -0.594. The highest BCUT2D eigenvalue weighted by molar-refractivity contribution is 6.12. The Kier molecular flexibility index (Phi) is 13.0. The largest absolute Gasteiger partial charge is 0.378 e. The molecule has 0 unspecified atom stereocenters. The summed E-state index contributed by atoms with van der Waals surface area (Å²) < 4.78 is 26.5. The zero-order valence-electron chi connectivity index (χ0n) is 14.5. The maximum Gasteiger partial charge on any atom is 0.253 e. The number of carbonyl (C=O) groups excluding carboxylic acids is 2. The van der Waals surface area contributed by atoms with E-state index < -0.39 is 0 Å². The van der Waals surface area contributed by atoms with Gasteiger partial charge in [0.1, 0.15) is 0 Å². The second-order valence-corrected chi connectivity index (χ2v) is 5.01. The first-order valence-corrected chi connectivity index (χ1v) is 8.38. The smallest absolute Gasteiger partial charge is 0.253 e. The van der Waals surface area contributed by atoms with E-state index >= 15 is 0 Å². The van der Waals surface area contributed by atoms with Gasteiger partial charge in [-0.1, -0.05) is 0 Å². The maximum atomic E-state index is 11.3. The van der Waals surface area contributed by atoms with E-state index in [1.54, 1.807) is 0 Å². The van der Waals surface area contributed by atoms with Gasteiger partial charge >= 0.3 is 0 Å². The zero-order chi connectivity index (χ0) is 18.2. The highest BCUT2D eigenvalue weighted by Crippen LogP contribution is 2.02. The van der Waals surface area contributed by atoms with Crippen molar-refractivity contribution in [2.45, 2.75) is 0 Å². The van der Waals surface area contributed by atoms with E-state index in [1.165, 1.54) is 12.2 Å². The van der Waals surface area contributed by atoms with Gasteiger partial charge in [0.15, 0.2) is 0 Å². The van der Waals surface area contributed by atoms with Crippen LogP contribution in [-0.4, -0.2) is 95.9 Å². The summed E-state index contributed by atoms with van der Waals surface area (Å²) in [5, 5.41) is 0. The first kappa shape index (κ1) is 21.7. The van der Waals surface area contributed by atoms with E-state index in [1.807, 2.05) is 0 Å². The molecule has 1 rings (SSSR count). The Morgan fingerprint density at radius 2 is 1.00 bits per heavy atom. The minimum absolute atomic E-state index is 0.255. The van der Waals surface area contributed by atoms with Crippen LogP contribution < -0.4 is 5.73 Å². The number of hydrogen-bond acceptors (Lipinski definition) is 8. The normalized spacial score (nSPS) is 14.0. The summed E-state index contributed by atoms with van der Waals surface area (Å²) in [5.41, 5.74) is 5.28. The van der Waals surface area contributed by atoms with Crippen LogP contribution in [0, 0.1) is 0 Å². The number of nitrogens with zero attached hydrogens (tertiary/aromatic N) is 1. The van der Waals surface area contributed by atoms with Crippen LogP contribution in [0.15, 0.2) is 12.2 Å². The van der Waals surface area contributed by atoms with Crippen LogP contribution in [-0.2, 0) is 33.3 Å². The van der Waals surface area contributed by atoms with Crippen LogP contribution in [0.2, 0.25) is 0 Å². The van der Waals surface area contributed by atoms with E-state index in [9.17, 15) is 9.59 Å². The lowest BCUT2D eigenvalue weighted by atomic mass is 10.5. The molecular weight excluding hydrogens is 332 g/mol. The van der Waals surface area contributed by atoms with E-state index in [2.05, 4.69) is 0 Å². The van der Waals surface area contributed by atoms with E-state index in [-0.39, 0.29) is 18.4 Å². The number of ether oxygens (including phenoxy) is 5. The summed E-state index contributed by atoms with van der Waals surface area (Å²) >= 11 is 0. The van der Waals surface area contributed by atoms with E-state index in [0.29, 0.717) is 72.6 Å². The van der Waals surface area contributed by atoms with Gasteiger partial charge in [0.05, 0.1) is 72.6 Å². The van der Waals surface area contributed by atoms with Gasteiger partial charge in [0.25, 0.3) is 11.8 Å². The topological polar surface area (TPSA) is 110 Å². The van der Waals surface area contributed by atoms with Gasteiger partial charge in [-0.05, 0) is 0 Å². The number of rotatable bonds is 17. The number of hydrogen-bond donors (Lipinski definition) is 1. The molecule has 9 nitrogen and oxygen atoms in total. The minimum Gasteiger partial charge on any atom is -0.378 e. The van der Waals surface area contributed by atoms with Crippen molar-refractivity contribution in [2.24, 2.45) is 5.73 Å². The van der Waals surface area contributed by atoms with Crippen molar-refractivity contribution < 1.29 is 33.3 Å². The lowest BCUT2D eigenvalue weighted by Gasteiger charge is -2.13. The molecule has 2 N–H and O–H groups in total. The average Bonchev–Trinajstić information content (AvgIpc) is 2.93. The highest BCUT2D eigenvalue weighted by atomic mass is 16.6. The standard InChI is InChI=1S/C16H28N2O7/c17-3-5-21-7-9-23-11-13-25-14-12-24-10-8-22-6-4-18-15(19)1-2-16(18)20/h1-2H,3-14,17H2. The molecule has 1 aliphatic rings. The monoisotopic (exact) mass is 360 g/mol. The Morgan fingerprint density at radius 3 is 1.40 bits per heavy atom. The van der Waals surface area contributed by atoms with Gasteiger partial charge in [-0.3, -0.25) is 14.5 Å². The lowest BCUT2D eigenvalue weighted by Crippen LogP contribution is -2.33. The molecule has 2 amide bonds. The van der Waals surface area contributed by atoms with Crippen LogP contribution in [0.4, 0.5) is 0 Å². The number of imide groups is 1. The molecule has 0 saturated heterocycles. The summed E-state index contributed by atoms with van der Waals surface area (Å²) in [6.07, 6.45) is 2.51. The maximum absolute atomic E-state index is 11.3. The van der Waals surface area contributed by atoms with Crippen LogP contribution in [0.25, 0.3) is 0 Å². The fraction of sp³-hybridized carbons (Fsp3) is 0.750. The predicted octanol–water partition coefficient (Wildman–Crippen LogP) is -1.05. The molecule has 0 fully saturated rings. The first-order valence-electron chi connectivity index (χ1n) is 8.38. The molecule has 0 radical (unpaired) electrons. The fourth-order valence-corrected chi connectivity index (χ4v) is 1.87. The summed E-state index contributed by atoms with van der Waals surface area (Å²) in [6.45, 7) is 5.48. The molecule has 1 heterocycles. The van der Waals surface area contributed by atoms with Crippen molar-refractivity contribution in [3.63, 3.8) is 0 Å². The van der Waals surface area contributed by atoms with E-state index in [0.717, 1.165) is 4.90 Å². The Hall–Kier alpha value is -1.36. The lowest BCUT2D eigenvalue weighted by molar-refractivity contribution is -0.137. The second-order valence-electron chi connectivity index (χ2n) is 5.01. The summed E-state index contributed by atoms with van der Waals surface area (Å²) in [6, 6.07) is 0. The molecular formula is C16H28N2O7. The Morgan fingerprint density at radius 1 is 0.640 bits per heavy atom. The highest BCUT2D eigenvalue weighted by Gasteiger charge is 2.22. The van der Waals surface area contributed by atoms with Gasteiger partial charge in [-0.2, -0.15) is 0 Å². The molecule has 0 bridgehead atoms. The number of nitrogens with two attached hydrogens (primary N) is 1. The molecule has 9 heteroatoms. The first-order chi connectivity index (χ1) is 12.3. The van der Waals surface area contributed by atoms with Crippen LogP contribution >= 0.6 is 0 Å². The third kappa shape index (κ3) is 11.0. The molecule has 0 atom stereocenters. The van der Waals surface area contributed by atoms with Crippen molar-refractivity contribution in [3.8, 4) is 0 Å². The summed E-state index contributed by atoms with van der Waals surface area (Å²) in [4.78, 5) is 23.7. The summed E-state index contributed by atoms with van der Waals surface area (Å²) in [7, 11) is 0. The third-order valence-corrected chi connectivity index (χ3v) is 3.11. The van der Waals surface area contributed by atoms with Crippen molar-refractivity contribution in [1.82, 2.24) is 4.90 Å². The molecule has 144 valence electrons. The number of carbonyl (C=O) groups is 2. The van der Waals surface area contributed by atoms with Gasteiger partial charge in [0.2, 0.25) is 0 Å². The van der Waals surface area contributed by atoms with Crippen LogP contribution in [0.1, 0.15) is 0 Å². The molecule has 0 spiro atoms. The van der Waals surface area contributed by atoms with Crippen LogP contribution in [0.5, 0.6) is 0 Å². The molecule has 0 aliphatic carbocycles. The molecule has 0 aromatic rings. The number of amides is 2. The molecule has 1 aliphatic heterocycles. The van der Waals surface area contributed by atoms with E-state index in [4.69, 9.17) is 29.4 Å².